The number of nitrogens with zero attached hydrogens (tertiary/aromatic N) is 4. The Morgan fingerprint density at radius 1 is 1.00 bits per heavy atom. The standard InChI is InChI=1S/C22H21ClFN5O2/c23-16-5-7-17(8-6-16)27-11-13-28(14-12-27)21(30)15-25-22(31)19-9-10-29(26-19)20-4-2-1-3-18(20)24/h1-10H,11-15H2,(H,25,31). The number of aromatic nitrogens is 2. The second-order valence-electron chi connectivity index (χ2n) is 7.12. The predicted molar refractivity (Wildman–Crippen MR) is 116 cm³/mol. The number of hydrogen-bond acceptors (Lipinski definition) is 4. The number of hydrogen-bond donors (Lipinski definition) is 1. The second kappa shape index (κ2) is 9.18. The SMILES string of the molecule is O=C(NCC(=O)N1CCN(c2ccc(Cl)cc2)CC1)c1ccn(-c2ccccc2F)n1. The van der Waals surface area contributed by atoms with E-state index in [1.165, 1.54) is 23.0 Å². The quantitative estimate of drug-likeness (QED) is 0.661. The van der Waals surface area contributed by atoms with Crippen molar-refractivity contribution in [3.8, 4) is 5.69 Å². The molecule has 3 aromatic rings. The molecule has 0 unspecified atom stereocenters. The normalized spacial score (nSPS) is 13.9. The molecule has 1 fully saturated rings. The lowest BCUT2D eigenvalue weighted by molar-refractivity contribution is -0.130. The zero-order chi connectivity index (χ0) is 21.8. The van der Waals surface area contributed by atoms with Gasteiger partial charge in [0.1, 0.15) is 11.5 Å². The summed E-state index contributed by atoms with van der Waals surface area (Å²) in [5.41, 5.74) is 1.43. The van der Waals surface area contributed by atoms with E-state index < -0.39 is 11.7 Å². The van der Waals surface area contributed by atoms with Crippen molar-refractivity contribution in [2.45, 2.75) is 0 Å². The summed E-state index contributed by atoms with van der Waals surface area (Å²) in [7, 11) is 0. The van der Waals surface area contributed by atoms with Gasteiger partial charge in [-0.2, -0.15) is 5.10 Å². The Morgan fingerprint density at radius 2 is 1.71 bits per heavy atom. The van der Waals surface area contributed by atoms with Crippen molar-refractivity contribution >= 4 is 29.1 Å². The van der Waals surface area contributed by atoms with E-state index in [-0.39, 0.29) is 23.8 Å². The summed E-state index contributed by atoms with van der Waals surface area (Å²) < 4.78 is 15.2. The Labute approximate surface area is 184 Å². The molecule has 2 amide bonds. The van der Waals surface area contributed by atoms with Crippen molar-refractivity contribution in [1.82, 2.24) is 20.0 Å². The maximum atomic E-state index is 13.9. The van der Waals surface area contributed by atoms with Gasteiger partial charge < -0.3 is 15.1 Å². The van der Waals surface area contributed by atoms with Gasteiger partial charge >= 0.3 is 0 Å². The summed E-state index contributed by atoms with van der Waals surface area (Å²) in [4.78, 5) is 28.8. The van der Waals surface area contributed by atoms with Gasteiger partial charge in [-0.15, -0.1) is 0 Å². The number of nitrogens with one attached hydrogen (secondary N) is 1. The summed E-state index contributed by atoms with van der Waals surface area (Å²) >= 11 is 5.93. The Morgan fingerprint density at radius 3 is 2.42 bits per heavy atom. The lowest BCUT2D eigenvalue weighted by Gasteiger charge is -2.36. The topological polar surface area (TPSA) is 70.5 Å². The minimum Gasteiger partial charge on any atom is -0.368 e. The zero-order valence-electron chi connectivity index (χ0n) is 16.7. The molecular weight excluding hydrogens is 421 g/mol. The van der Waals surface area contributed by atoms with E-state index in [2.05, 4.69) is 15.3 Å². The zero-order valence-corrected chi connectivity index (χ0v) is 17.4. The average molecular weight is 442 g/mol. The molecule has 0 bridgehead atoms. The molecule has 1 aliphatic rings. The first-order chi connectivity index (χ1) is 15.0. The van der Waals surface area contributed by atoms with E-state index in [4.69, 9.17) is 11.6 Å². The van der Waals surface area contributed by atoms with Crippen LogP contribution in [-0.4, -0.2) is 59.2 Å². The minimum atomic E-state index is -0.483. The highest BCUT2D eigenvalue weighted by Gasteiger charge is 2.22. The molecule has 31 heavy (non-hydrogen) atoms. The van der Waals surface area contributed by atoms with Gasteiger partial charge in [0.15, 0.2) is 5.69 Å². The average Bonchev–Trinajstić information content (AvgIpc) is 3.28. The van der Waals surface area contributed by atoms with Gasteiger partial charge in [-0.25, -0.2) is 9.07 Å². The molecule has 0 spiro atoms. The van der Waals surface area contributed by atoms with Gasteiger partial charge in [-0.1, -0.05) is 23.7 Å². The molecule has 0 radical (unpaired) electrons. The van der Waals surface area contributed by atoms with Gasteiger partial charge in [0, 0.05) is 43.1 Å². The van der Waals surface area contributed by atoms with E-state index in [1.54, 1.807) is 23.1 Å². The Hall–Kier alpha value is -3.39. The maximum Gasteiger partial charge on any atom is 0.272 e. The fourth-order valence-electron chi connectivity index (χ4n) is 3.44. The summed E-state index contributed by atoms with van der Waals surface area (Å²) in [5.74, 6) is -1.08. The van der Waals surface area contributed by atoms with Crippen molar-refractivity contribution < 1.29 is 14.0 Å². The smallest absolute Gasteiger partial charge is 0.272 e. The second-order valence-corrected chi connectivity index (χ2v) is 7.56. The van der Waals surface area contributed by atoms with Crippen LogP contribution in [0.25, 0.3) is 5.69 Å². The van der Waals surface area contributed by atoms with Crippen LogP contribution in [0.15, 0.2) is 60.8 Å². The third kappa shape index (κ3) is 4.86. The van der Waals surface area contributed by atoms with Crippen LogP contribution in [0.5, 0.6) is 0 Å². The lowest BCUT2D eigenvalue weighted by Crippen LogP contribution is -2.51. The van der Waals surface area contributed by atoms with Crippen molar-refractivity contribution in [3.63, 3.8) is 0 Å². The first kappa shape index (κ1) is 20.9. The van der Waals surface area contributed by atoms with Gasteiger partial charge in [-0.3, -0.25) is 9.59 Å². The molecule has 1 saturated heterocycles. The van der Waals surface area contributed by atoms with Crippen LogP contribution >= 0.6 is 11.6 Å². The van der Waals surface area contributed by atoms with Crippen molar-refractivity contribution in [2.24, 2.45) is 0 Å². The first-order valence-electron chi connectivity index (χ1n) is 9.88. The maximum absolute atomic E-state index is 13.9. The number of amides is 2. The molecule has 0 atom stereocenters. The number of piperazine rings is 1. The molecule has 2 aromatic carbocycles. The number of anilines is 1. The molecule has 7 nitrogen and oxygen atoms in total. The van der Waals surface area contributed by atoms with Crippen LogP contribution in [0.3, 0.4) is 0 Å². The van der Waals surface area contributed by atoms with E-state index in [1.807, 2.05) is 24.3 Å². The Bertz CT molecular complexity index is 1080. The number of para-hydroxylation sites is 1. The first-order valence-corrected chi connectivity index (χ1v) is 10.3. The number of carbonyl (C=O) groups excluding carboxylic acids is 2. The highest BCUT2D eigenvalue weighted by molar-refractivity contribution is 6.30. The van der Waals surface area contributed by atoms with Gasteiger partial charge in [0.05, 0.1) is 6.54 Å². The summed E-state index contributed by atoms with van der Waals surface area (Å²) in [6.07, 6.45) is 1.51. The molecule has 0 saturated carbocycles. The minimum absolute atomic E-state index is 0.114. The number of halogens is 2. The molecule has 9 heteroatoms. The van der Waals surface area contributed by atoms with Crippen LogP contribution in [0.2, 0.25) is 5.02 Å². The molecular formula is C22H21ClFN5O2. The van der Waals surface area contributed by atoms with Crippen molar-refractivity contribution in [2.75, 3.05) is 37.6 Å². The van der Waals surface area contributed by atoms with Crippen LogP contribution < -0.4 is 10.2 Å². The highest BCUT2D eigenvalue weighted by Crippen LogP contribution is 2.19. The van der Waals surface area contributed by atoms with Crippen molar-refractivity contribution in [3.05, 3.63) is 77.3 Å². The summed E-state index contributed by atoms with van der Waals surface area (Å²) in [6, 6.07) is 15.2. The predicted octanol–water partition coefficient (Wildman–Crippen LogP) is 2.74. The van der Waals surface area contributed by atoms with Gasteiger partial charge in [0.25, 0.3) is 5.91 Å². The number of benzene rings is 2. The Balaban J connectivity index is 1.28. The number of carbonyl (C=O) groups is 2. The van der Waals surface area contributed by atoms with Gasteiger partial charge in [0.2, 0.25) is 5.91 Å². The Kier molecular flexibility index (Phi) is 6.18. The highest BCUT2D eigenvalue weighted by atomic mass is 35.5. The van der Waals surface area contributed by atoms with Crippen LogP contribution in [0.1, 0.15) is 10.5 Å². The monoisotopic (exact) mass is 441 g/mol. The van der Waals surface area contributed by atoms with Crippen LogP contribution in [-0.2, 0) is 4.79 Å². The molecule has 1 aliphatic heterocycles. The third-order valence-electron chi connectivity index (χ3n) is 5.15. The lowest BCUT2D eigenvalue weighted by atomic mass is 10.2. The summed E-state index contributed by atoms with van der Waals surface area (Å²) in [5, 5.41) is 7.39. The molecule has 4 rings (SSSR count). The summed E-state index contributed by atoms with van der Waals surface area (Å²) in [6.45, 7) is 2.42. The van der Waals surface area contributed by atoms with E-state index in [0.717, 1.165) is 5.69 Å². The van der Waals surface area contributed by atoms with E-state index in [9.17, 15) is 14.0 Å². The largest absolute Gasteiger partial charge is 0.368 e. The molecule has 0 aliphatic carbocycles. The third-order valence-corrected chi connectivity index (χ3v) is 5.40. The molecule has 1 N–H and O–H groups in total. The van der Waals surface area contributed by atoms with Crippen LogP contribution in [0.4, 0.5) is 10.1 Å². The van der Waals surface area contributed by atoms with Gasteiger partial charge in [-0.05, 0) is 42.5 Å². The molecule has 1 aromatic heterocycles. The van der Waals surface area contributed by atoms with Crippen molar-refractivity contribution in [1.29, 1.82) is 0 Å². The van der Waals surface area contributed by atoms with Crippen LogP contribution in [0, 0.1) is 5.82 Å². The van der Waals surface area contributed by atoms with E-state index >= 15 is 0 Å². The molecule has 160 valence electrons. The fraction of sp³-hybridized carbons (Fsp3) is 0.227. The molecule has 2 heterocycles. The number of rotatable bonds is 5. The van der Waals surface area contributed by atoms with E-state index in [0.29, 0.717) is 31.2 Å². The fourth-order valence-corrected chi connectivity index (χ4v) is 3.57.